The summed E-state index contributed by atoms with van der Waals surface area (Å²) in [6.07, 6.45) is 0.831. The third kappa shape index (κ3) is 2.74. The van der Waals surface area contributed by atoms with Crippen molar-refractivity contribution in [1.29, 1.82) is 0 Å². The van der Waals surface area contributed by atoms with Gasteiger partial charge in [-0.3, -0.25) is 4.79 Å². The molecule has 1 fully saturated rings. The van der Waals surface area contributed by atoms with Gasteiger partial charge in [-0.25, -0.2) is 8.42 Å². The van der Waals surface area contributed by atoms with Crippen molar-refractivity contribution in [1.82, 2.24) is 4.31 Å². The molecule has 2 aliphatic heterocycles. The second-order valence-corrected chi connectivity index (χ2v) is 7.74. The van der Waals surface area contributed by atoms with Gasteiger partial charge in [0.25, 0.3) is 0 Å². The van der Waals surface area contributed by atoms with E-state index >= 15 is 0 Å². The Morgan fingerprint density at radius 3 is 2.95 bits per heavy atom. The van der Waals surface area contributed by atoms with Crippen LogP contribution in [0.25, 0.3) is 0 Å². The molecule has 1 amide bonds. The van der Waals surface area contributed by atoms with Crippen LogP contribution in [0.2, 0.25) is 5.02 Å². The number of halogens is 1. The van der Waals surface area contributed by atoms with Crippen molar-refractivity contribution in [2.45, 2.75) is 30.8 Å². The monoisotopic (exact) mass is 344 g/mol. The summed E-state index contributed by atoms with van der Waals surface area (Å²) in [4.78, 5) is 11.5. The van der Waals surface area contributed by atoms with Gasteiger partial charge >= 0.3 is 0 Å². The molecule has 0 aliphatic carbocycles. The second kappa shape index (κ2) is 5.81. The lowest BCUT2D eigenvalue weighted by Crippen LogP contribution is -2.45. The number of rotatable bonds is 3. The van der Waals surface area contributed by atoms with Crippen LogP contribution in [0.3, 0.4) is 0 Å². The molecule has 0 saturated carbocycles. The first-order valence-electron chi connectivity index (χ1n) is 7.16. The normalized spacial score (nSPS) is 22.5. The van der Waals surface area contributed by atoms with Crippen molar-refractivity contribution >= 4 is 33.2 Å². The maximum absolute atomic E-state index is 12.8. The summed E-state index contributed by atoms with van der Waals surface area (Å²) < 4.78 is 32.6. The van der Waals surface area contributed by atoms with Gasteiger partial charge in [-0.15, -0.1) is 0 Å². The standard InChI is InChI=1S/C14H17ClN2O4S/c1-2-10-8-17(3-4-21-10)22(19,20)13-5-9-6-14(18)16-12(9)7-11(13)15/h5,7,10H,2-4,6,8H2,1H3,(H,16,18). The molecule has 2 heterocycles. The largest absolute Gasteiger partial charge is 0.375 e. The van der Waals surface area contributed by atoms with Crippen LogP contribution in [0.4, 0.5) is 5.69 Å². The Bertz CT molecular complexity index is 720. The van der Waals surface area contributed by atoms with Crippen LogP contribution in [-0.2, 0) is 26.0 Å². The molecule has 1 N–H and O–H groups in total. The van der Waals surface area contributed by atoms with E-state index < -0.39 is 10.0 Å². The van der Waals surface area contributed by atoms with E-state index in [-0.39, 0.29) is 28.4 Å². The number of fused-ring (bicyclic) bond motifs is 1. The number of ether oxygens (including phenoxy) is 1. The summed E-state index contributed by atoms with van der Waals surface area (Å²) >= 11 is 6.14. The van der Waals surface area contributed by atoms with E-state index in [0.717, 1.165) is 6.42 Å². The molecule has 120 valence electrons. The number of carbonyl (C=O) groups is 1. The predicted octanol–water partition coefficient (Wildman–Crippen LogP) is 1.63. The maximum Gasteiger partial charge on any atom is 0.244 e. The van der Waals surface area contributed by atoms with E-state index in [1.165, 1.54) is 16.4 Å². The summed E-state index contributed by atoms with van der Waals surface area (Å²) in [5.74, 6) is -0.155. The highest BCUT2D eigenvalue weighted by molar-refractivity contribution is 7.89. The van der Waals surface area contributed by atoms with Crippen LogP contribution < -0.4 is 5.32 Å². The number of amides is 1. The summed E-state index contributed by atoms with van der Waals surface area (Å²) in [5.41, 5.74) is 1.25. The molecule has 1 saturated heterocycles. The highest BCUT2D eigenvalue weighted by atomic mass is 35.5. The van der Waals surface area contributed by atoms with E-state index in [2.05, 4.69) is 5.32 Å². The Morgan fingerprint density at radius 1 is 1.45 bits per heavy atom. The number of nitrogens with one attached hydrogen (secondary N) is 1. The number of carbonyl (C=O) groups excluding carboxylic acids is 1. The zero-order valence-corrected chi connectivity index (χ0v) is 13.7. The van der Waals surface area contributed by atoms with Gasteiger partial charge in [-0.1, -0.05) is 18.5 Å². The van der Waals surface area contributed by atoms with Gasteiger partial charge in [-0.05, 0) is 24.1 Å². The van der Waals surface area contributed by atoms with Crippen molar-refractivity contribution in [3.05, 3.63) is 22.7 Å². The van der Waals surface area contributed by atoms with Crippen molar-refractivity contribution < 1.29 is 17.9 Å². The van der Waals surface area contributed by atoms with Crippen molar-refractivity contribution in [3.8, 4) is 0 Å². The first-order chi connectivity index (χ1) is 10.4. The fourth-order valence-corrected chi connectivity index (χ4v) is 4.73. The average molecular weight is 345 g/mol. The molecule has 3 rings (SSSR count). The lowest BCUT2D eigenvalue weighted by atomic mass is 10.2. The molecule has 6 nitrogen and oxygen atoms in total. The zero-order chi connectivity index (χ0) is 15.9. The summed E-state index contributed by atoms with van der Waals surface area (Å²) in [6, 6.07) is 3.01. The molecular weight excluding hydrogens is 328 g/mol. The topological polar surface area (TPSA) is 75.7 Å². The minimum Gasteiger partial charge on any atom is -0.375 e. The zero-order valence-electron chi connectivity index (χ0n) is 12.1. The molecule has 1 aromatic rings. The van der Waals surface area contributed by atoms with Gasteiger partial charge in [-0.2, -0.15) is 4.31 Å². The van der Waals surface area contributed by atoms with Crippen molar-refractivity contribution in [2.75, 3.05) is 25.0 Å². The van der Waals surface area contributed by atoms with Gasteiger partial charge in [0.05, 0.1) is 24.2 Å². The number of hydrogen-bond acceptors (Lipinski definition) is 4. The fourth-order valence-electron chi connectivity index (χ4n) is 2.72. The summed E-state index contributed by atoms with van der Waals surface area (Å²) in [5, 5.41) is 2.79. The SMILES string of the molecule is CCC1CN(S(=O)(=O)c2cc3c(cc2Cl)NC(=O)C3)CCO1. The molecule has 2 aliphatic rings. The molecule has 1 aromatic carbocycles. The van der Waals surface area contributed by atoms with Crippen LogP contribution in [0.15, 0.2) is 17.0 Å². The quantitative estimate of drug-likeness (QED) is 0.904. The van der Waals surface area contributed by atoms with E-state index in [1.807, 2.05) is 6.92 Å². The number of anilines is 1. The number of nitrogens with zero attached hydrogens (tertiary/aromatic N) is 1. The molecule has 0 spiro atoms. The van der Waals surface area contributed by atoms with E-state index in [0.29, 0.717) is 30.9 Å². The van der Waals surface area contributed by atoms with Crippen LogP contribution >= 0.6 is 11.6 Å². The third-order valence-electron chi connectivity index (χ3n) is 3.96. The van der Waals surface area contributed by atoms with Crippen LogP contribution in [-0.4, -0.2) is 44.4 Å². The number of benzene rings is 1. The van der Waals surface area contributed by atoms with Gasteiger partial charge < -0.3 is 10.1 Å². The maximum atomic E-state index is 12.8. The molecule has 22 heavy (non-hydrogen) atoms. The molecule has 8 heteroatoms. The lowest BCUT2D eigenvalue weighted by molar-refractivity contribution is -0.115. The molecule has 1 atom stereocenters. The first kappa shape index (κ1) is 15.7. The number of morpholine rings is 1. The molecule has 0 radical (unpaired) electrons. The molecule has 0 bridgehead atoms. The van der Waals surface area contributed by atoms with Crippen LogP contribution in [0.1, 0.15) is 18.9 Å². The van der Waals surface area contributed by atoms with E-state index in [1.54, 1.807) is 0 Å². The highest BCUT2D eigenvalue weighted by Gasteiger charge is 2.33. The Balaban J connectivity index is 1.96. The van der Waals surface area contributed by atoms with Gasteiger partial charge in [0.15, 0.2) is 0 Å². The van der Waals surface area contributed by atoms with Crippen LogP contribution in [0, 0.1) is 0 Å². The summed E-state index contributed by atoms with van der Waals surface area (Å²) in [7, 11) is -3.69. The Kier molecular flexibility index (Phi) is 4.15. The lowest BCUT2D eigenvalue weighted by Gasteiger charge is -2.31. The Hall–Kier alpha value is -1.15. The first-order valence-corrected chi connectivity index (χ1v) is 8.97. The molecule has 0 aromatic heterocycles. The number of sulfonamides is 1. The van der Waals surface area contributed by atoms with Crippen molar-refractivity contribution in [2.24, 2.45) is 0 Å². The van der Waals surface area contributed by atoms with E-state index in [4.69, 9.17) is 16.3 Å². The second-order valence-electron chi connectivity index (χ2n) is 5.43. The Morgan fingerprint density at radius 2 is 2.23 bits per heavy atom. The Labute approximate surface area is 134 Å². The molecule has 1 unspecified atom stereocenters. The van der Waals surface area contributed by atoms with Gasteiger partial charge in [0, 0.05) is 18.8 Å². The smallest absolute Gasteiger partial charge is 0.244 e. The minimum absolute atomic E-state index is 0.0566. The third-order valence-corrected chi connectivity index (χ3v) is 6.29. The van der Waals surface area contributed by atoms with E-state index in [9.17, 15) is 13.2 Å². The number of hydrogen-bond donors (Lipinski definition) is 1. The van der Waals surface area contributed by atoms with Gasteiger partial charge in [0.2, 0.25) is 15.9 Å². The fraction of sp³-hybridized carbons (Fsp3) is 0.500. The summed E-state index contributed by atoms with van der Waals surface area (Å²) in [6.45, 7) is 2.97. The average Bonchev–Trinajstić information content (AvgIpc) is 2.85. The van der Waals surface area contributed by atoms with Crippen molar-refractivity contribution in [3.63, 3.8) is 0 Å². The predicted molar refractivity (Wildman–Crippen MR) is 82.6 cm³/mol. The molecular formula is C14H17ClN2O4S. The minimum atomic E-state index is -3.69. The van der Waals surface area contributed by atoms with Crippen LogP contribution in [0.5, 0.6) is 0 Å². The highest BCUT2D eigenvalue weighted by Crippen LogP contribution is 2.34. The van der Waals surface area contributed by atoms with Gasteiger partial charge in [0.1, 0.15) is 4.90 Å².